The van der Waals surface area contributed by atoms with Crippen molar-refractivity contribution in [3.8, 4) is 0 Å². The number of benzene rings is 2. The molecule has 0 atom stereocenters. The van der Waals surface area contributed by atoms with Crippen LogP contribution in [0.4, 0.5) is 11.4 Å². The molecule has 0 amide bonds. The molecule has 0 fully saturated rings. The van der Waals surface area contributed by atoms with Crippen LogP contribution in [0.5, 0.6) is 0 Å². The van der Waals surface area contributed by atoms with E-state index < -0.39 is 0 Å². The van der Waals surface area contributed by atoms with Crippen molar-refractivity contribution in [2.75, 3.05) is 0 Å². The maximum absolute atomic E-state index is 5.09. The lowest BCUT2D eigenvalue weighted by Crippen LogP contribution is -1.93. The number of nitrogens with two attached hydrogens (primary N) is 2. The van der Waals surface area contributed by atoms with E-state index in [-0.39, 0.29) is 0 Å². The van der Waals surface area contributed by atoms with Crippen molar-refractivity contribution >= 4 is 11.4 Å². The molecule has 0 heterocycles. The van der Waals surface area contributed by atoms with E-state index in [0.717, 1.165) is 35.3 Å². The Labute approximate surface area is 129 Å². The van der Waals surface area contributed by atoms with Gasteiger partial charge in [-0.3, -0.25) is 0 Å². The summed E-state index contributed by atoms with van der Waals surface area (Å²) in [5, 5.41) is 14.4. The summed E-state index contributed by atoms with van der Waals surface area (Å²) in [4.78, 5) is 0. The van der Waals surface area contributed by atoms with Crippen LogP contribution in [0.25, 0.3) is 0 Å². The highest BCUT2D eigenvalue weighted by molar-refractivity contribution is 5.48. The molecule has 2 rings (SSSR count). The molecular formula is C16H20N6. The third kappa shape index (κ3) is 3.88. The van der Waals surface area contributed by atoms with Gasteiger partial charge in [0, 0.05) is 0 Å². The molecule has 0 aromatic heterocycles. The number of hydrogen-bond donors (Lipinski definition) is 2. The predicted octanol–water partition coefficient (Wildman–Crippen LogP) is 4.00. The average Bonchev–Trinajstić information content (AvgIpc) is 2.50. The number of nitrogens with zero attached hydrogens (tertiary/aromatic N) is 4. The van der Waals surface area contributed by atoms with Crippen LogP contribution >= 0.6 is 0 Å². The van der Waals surface area contributed by atoms with Gasteiger partial charge in [-0.25, -0.2) is 0 Å². The lowest BCUT2D eigenvalue weighted by atomic mass is 10.0. The first-order chi connectivity index (χ1) is 10.6. The molecule has 0 saturated carbocycles. The molecule has 0 aliphatic carbocycles. The van der Waals surface area contributed by atoms with Gasteiger partial charge in [0.2, 0.25) is 0 Å². The Balaban J connectivity index is 2.07. The minimum absolute atomic E-state index is 0.804. The first-order valence-corrected chi connectivity index (χ1v) is 7.05. The normalized spacial score (nSPS) is 11.5. The van der Waals surface area contributed by atoms with Gasteiger partial charge in [-0.2, -0.15) is 0 Å². The van der Waals surface area contributed by atoms with Crippen molar-refractivity contribution in [1.29, 1.82) is 0 Å². The molecule has 0 bridgehead atoms. The zero-order valence-electron chi connectivity index (χ0n) is 12.8. The predicted molar refractivity (Wildman–Crippen MR) is 87.2 cm³/mol. The monoisotopic (exact) mass is 296 g/mol. The summed E-state index contributed by atoms with van der Waals surface area (Å²) in [6.07, 6.45) is 1.91. The van der Waals surface area contributed by atoms with E-state index in [1.54, 1.807) is 0 Å². The molecule has 0 radical (unpaired) electrons. The molecule has 114 valence electrons. The third-order valence-corrected chi connectivity index (χ3v) is 3.56. The maximum Gasteiger partial charge on any atom is 0.0903 e. The lowest BCUT2D eigenvalue weighted by Gasteiger charge is -2.07. The Hall–Kier alpha value is -2.76. The molecule has 0 aliphatic heterocycles. The smallest absolute Gasteiger partial charge is 0.0903 e. The number of rotatable bonds is 5. The molecule has 0 spiro atoms. The lowest BCUT2D eigenvalue weighted by molar-refractivity contribution is 0.952. The Morgan fingerprint density at radius 1 is 0.727 bits per heavy atom. The van der Waals surface area contributed by atoms with Crippen LogP contribution in [0, 0.1) is 13.8 Å². The average molecular weight is 296 g/mol. The van der Waals surface area contributed by atoms with Crippen molar-refractivity contribution in [3.63, 3.8) is 0 Å². The minimum atomic E-state index is 0.804. The second kappa shape index (κ2) is 7.31. The quantitative estimate of drug-likeness (QED) is 0.495. The van der Waals surface area contributed by atoms with Gasteiger partial charge in [-0.1, -0.05) is 34.7 Å². The SMILES string of the molecule is Cc1cc(CCc2ccc(N=NN)c(C)c2)ccc1N=NN. The molecule has 0 unspecified atom stereocenters. The van der Waals surface area contributed by atoms with Crippen molar-refractivity contribution in [1.82, 2.24) is 0 Å². The first-order valence-electron chi connectivity index (χ1n) is 7.05. The summed E-state index contributed by atoms with van der Waals surface area (Å²) in [7, 11) is 0. The summed E-state index contributed by atoms with van der Waals surface area (Å²) < 4.78 is 0. The zero-order valence-corrected chi connectivity index (χ0v) is 12.8. The van der Waals surface area contributed by atoms with E-state index in [4.69, 9.17) is 11.7 Å². The van der Waals surface area contributed by atoms with E-state index in [2.05, 4.69) is 44.9 Å². The summed E-state index contributed by atoms with van der Waals surface area (Å²) in [5.74, 6) is 10.2. The molecule has 2 aromatic rings. The second-order valence-corrected chi connectivity index (χ2v) is 5.17. The van der Waals surface area contributed by atoms with Gasteiger partial charge in [0.1, 0.15) is 0 Å². The van der Waals surface area contributed by atoms with Gasteiger partial charge >= 0.3 is 0 Å². The first kappa shape index (κ1) is 15.6. The van der Waals surface area contributed by atoms with Gasteiger partial charge < -0.3 is 11.7 Å². The Kier molecular flexibility index (Phi) is 5.19. The molecule has 0 aliphatic rings. The fourth-order valence-electron chi connectivity index (χ4n) is 2.38. The molecule has 22 heavy (non-hydrogen) atoms. The Bertz CT molecular complexity index is 644. The minimum Gasteiger partial charge on any atom is -0.305 e. The van der Waals surface area contributed by atoms with E-state index in [9.17, 15) is 0 Å². The van der Waals surface area contributed by atoms with Crippen LogP contribution in [-0.2, 0) is 12.8 Å². The second-order valence-electron chi connectivity index (χ2n) is 5.17. The largest absolute Gasteiger partial charge is 0.305 e. The van der Waals surface area contributed by atoms with E-state index in [1.165, 1.54) is 11.1 Å². The zero-order chi connectivity index (χ0) is 15.9. The van der Waals surface area contributed by atoms with Gasteiger partial charge in [0.25, 0.3) is 0 Å². The highest BCUT2D eigenvalue weighted by Gasteiger charge is 2.03. The number of hydrogen-bond acceptors (Lipinski definition) is 4. The van der Waals surface area contributed by atoms with E-state index in [0.29, 0.717) is 0 Å². The van der Waals surface area contributed by atoms with Gasteiger partial charge in [-0.05, 0) is 61.1 Å². The summed E-state index contributed by atoms with van der Waals surface area (Å²) in [5.41, 5.74) is 6.27. The fourth-order valence-corrected chi connectivity index (χ4v) is 2.38. The van der Waals surface area contributed by atoms with Gasteiger partial charge in [-0.15, -0.1) is 10.2 Å². The van der Waals surface area contributed by atoms with Crippen LogP contribution in [-0.4, -0.2) is 0 Å². The summed E-state index contributed by atoms with van der Waals surface area (Å²) in [6, 6.07) is 12.2. The van der Waals surface area contributed by atoms with Crippen LogP contribution in [0.1, 0.15) is 22.3 Å². The highest BCUT2D eigenvalue weighted by Crippen LogP contribution is 2.23. The molecule has 6 nitrogen and oxygen atoms in total. The van der Waals surface area contributed by atoms with Gasteiger partial charge in [0.05, 0.1) is 11.4 Å². The molecule has 2 aromatic carbocycles. The molecule has 0 saturated heterocycles. The molecular weight excluding hydrogens is 276 g/mol. The summed E-state index contributed by atoms with van der Waals surface area (Å²) in [6.45, 7) is 4.01. The standard InChI is InChI=1S/C16H20N6/c1-11-9-13(5-7-15(11)19-21-17)3-4-14-6-8-16(20-22-18)12(2)10-14/h5-10H,3-4H2,1-2H3,(H2,17,19)(H2,18,20). The fraction of sp³-hybridized carbons (Fsp3) is 0.250. The van der Waals surface area contributed by atoms with Crippen molar-refractivity contribution in [2.24, 2.45) is 32.4 Å². The van der Waals surface area contributed by atoms with Crippen molar-refractivity contribution in [3.05, 3.63) is 58.7 Å². The van der Waals surface area contributed by atoms with Gasteiger partial charge in [0.15, 0.2) is 0 Å². The highest BCUT2D eigenvalue weighted by atomic mass is 15.3. The van der Waals surface area contributed by atoms with Crippen molar-refractivity contribution < 1.29 is 0 Å². The molecule has 4 N–H and O–H groups in total. The molecule has 6 heteroatoms. The topological polar surface area (TPSA) is 101 Å². The van der Waals surface area contributed by atoms with Crippen molar-refractivity contribution in [2.45, 2.75) is 26.7 Å². The third-order valence-electron chi connectivity index (χ3n) is 3.56. The number of aryl methyl sites for hydroxylation is 4. The maximum atomic E-state index is 5.09. The van der Waals surface area contributed by atoms with E-state index >= 15 is 0 Å². The van der Waals surface area contributed by atoms with Crippen LogP contribution in [0.2, 0.25) is 0 Å². The summed E-state index contributed by atoms with van der Waals surface area (Å²) >= 11 is 0. The van der Waals surface area contributed by atoms with E-state index in [1.807, 2.05) is 26.0 Å². The Morgan fingerprint density at radius 2 is 1.14 bits per heavy atom. The van der Waals surface area contributed by atoms with Crippen LogP contribution in [0.15, 0.2) is 57.1 Å². The van der Waals surface area contributed by atoms with Crippen LogP contribution in [0.3, 0.4) is 0 Å². The Morgan fingerprint density at radius 3 is 1.45 bits per heavy atom. The van der Waals surface area contributed by atoms with Crippen LogP contribution < -0.4 is 11.7 Å².